The number of carbonyl (C=O) groups is 4. The van der Waals surface area contributed by atoms with E-state index in [0.29, 0.717) is 17.3 Å². The Morgan fingerprint density at radius 3 is 2.57 bits per heavy atom. The van der Waals surface area contributed by atoms with Crippen molar-refractivity contribution in [1.29, 1.82) is 0 Å². The SMILES string of the molecule is COc1cc(/C=C2\SC(=O)N(CC(N)=O)C2=O)ccc1OC(=O)c1ccccc1F. The summed E-state index contributed by atoms with van der Waals surface area (Å²) in [5, 5.41) is -0.604. The van der Waals surface area contributed by atoms with E-state index < -0.39 is 35.4 Å². The molecule has 10 heteroatoms. The number of esters is 1. The molecule has 0 aromatic heterocycles. The molecule has 0 aliphatic carbocycles. The maximum atomic E-state index is 13.8. The molecule has 1 aliphatic rings. The van der Waals surface area contributed by atoms with Gasteiger partial charge < -0.3 is 15.2 Å². The highest BCUT2D eigenvalue weighted by molar-refractivity contribution is 8.18. The number of thioether (sulfide) groups is 1. The minimum Gasteiger partial charge on any atom is -0.493 e. The number of hydrogen-bond donors (Lipinski definition) is 1. The molecule has 0 radical (unpaired) electrons. The van der Waals surface area contributed by atoms with Crippen LogP contribution in [-0.2, 0) is 9.59 Å². The summed E-state index contributed by atoms with van der Waals surface area (Å²) in [6.07, 6.45) is 1.43. The van der Waals surface area contributed by atoms with Crippen LogP contribution in [0.3, 0.4) is 0 Å². The van der Waals surface area contributed by atoms with E-state index in [2.05, 4.69) is 0 Å². The summed E-state index contributed by atoms with van der Waals surface area (Å²) < 4.78 is 24.2. The minimum atomic E-state index is -0.897. The van der Waals surface area contributed by atoms with Crippen LogP contribution in [0, 0.1) is 5.82 Å². The normalized spacial score (nSPS) is 14.9. The third kappa shape index (κ3) is 4.49. The number of halogens is 1. The minimum absolute atomic E-state index is 0.0461. The molecule has 0 saturated carbocycles. The van der Waals surface area contributed by atoms with E-state index in [0.717, 1.165) is 11.0 Å². The number of amides is 3. The van der Waals surface area contributed by atoms with Crippen molar-refractivity contribution in [3.8, 4) is 11.5 Å². The molecule has 3 amide bonds. The van der Waals surface area contributed by atoms with Gasteiger partial charge in [-0.3, -0.25) is 19.3 Å². The van der Waals surface area contributed by atoms with E-state index in [1.165, 1.54) is 49.6 Å². The highest BCUT2D eigenvalue weighted by Crippen LogP contribution is 2.34. The average molecular weight is 430 g/mol. The number of rotatable bonds is 6. The first kappa shape index (κ1) is 21.1. The van der Waals surface area contributed by atoms with Crippen LogP contribution in [0.4, 0.5) is 9.18 Å². The van der Waals surface area contributed by atoms with Crippen molar-refractivity contribution in [3.05, 3.63) is 64.3 Å². The maximum absolute atomic E-state index is 13.8. The Balaban J connectivity index is 1.82. The fourth-order valence-corrected chi connectivity index (χ4v) is 3.42. The van der Waals surface area contributed by atoms with Crippen molar-refractivity contribution in [2.45, 2.75) is 0 Å². The Morgan fingerprint density at radius 2 is 1.90 bits per heavy atom. The van der Waals surface area contributed by atoms with Gasteiger partial charge in [-0.1, -0.05) is 18.2 Å². The fourth-order valence-electron chi connectivity index (χ4n) is 2.58. The Bertz CT molecular complexity index is 1080. The molecule has 0 atom stereocenters. The number of hydrogen-bond acceptors (Lipinski definition) is 7. The lowest BCUT2D eigenvalue weighted by Gasteiger charge is -2.11. The van der Waals surface area contributed by atoms with Crippen LogP contribution in [0.5, 0.6) is 11.5 Å². The molecule has 1 fully saturated rings. The highest BCUT2D eigenvalue weighted by Gasteiger charge is 2.35. The molecule has 2 N–H and O–H groups in total. The van der Waals surface area contributed by atoms with Crippen molar-refractivity contribution in [1.82, 2.24) is 4.90 Å². The molecular weight excluding hydrogens is 415 g/mol. The summed E-state index contributed by atoms with van der Waals surface area (Å²) in [7, 11) is 1.35. The van der Waals surface area contributed by atoms with Gasteiger partial charge in [-0.25, -0.2) is 9.18 Å². The van der Waals surface area contributed by atoms with Gasteiger partial charge in [0, 0.05) is 0 Å². The van der Waals surface area contributed by atoms with Gasteiger partial charge in [-0.15, -0.1) is 0 Å². The van der Waals surface area contributed by atoms with Crippen molar-refractivity contribution >= 4 is 40.9 Å². The molecule has 8 nitrogen and oxygen atoms in total. The quantitative estimate of drug-likeness (QED) is 0.425. The lowest BCUT2D eigenvalue weighted by atomic mass is 10.1. The van der Waals surface area contributed by atoms with Gasteiger partial charge >= 0.3 is 5.97 Å². The van der Waals surface area contributed by atoms with Crippen molar-refractivity contribution < 1.29 is 33.0 Å². The van der Waals surface area contributed by atoms with E-state index >= 15 is 0 Å². The first-order valence-electron chi connectivity index (χ1n) is 8.48. The topological polar surface area (TPSA) is 116 Å². The zero-order chi connectivity index (χ0) is 21.8. The summed E-state index contributed by atoms with van der Waals surface area (Å²) >= 11 is 0.669. The van der Waals surface area contributed by atoms with E-state index in [9.17, 15) is 23.6 Å². The molecule has 1 heterocycles. The Labute approximate surface area is 174 Å². The number of imide groups is 1. The standard InChI is InChI=1S/C20H15FN2O6S/c1-28-15-8-11(9-16-18(25)23(10-17(22)24)20(27)30-16)6-7-14(15)29-19(26)12-4-2-3-5-13(12)21/h2-9H,10H2,1H3,(H2,22,24)/b16-9-. The molecule has 2 aromatic rings. The molecule has 2 aromatic carbocycles. The fraction of sp³-hybridized carbons (Fsp3) is 0.100. The highest BCUT2D eigenvalue weighted by atomic mass is 32.2. The molecule has 3 rings (SSSR count). The summed E-state index contributed by atoms with van der Waals surface area (Å²) in [6, 6.07) is 9.80. The summed E-state index contributed by atoms with van der Waals surface area (Å²) in [5.74, 6) is -2.86. The number of ether oxygens (including phenoxy) is 2. The van der Waals surface area contributed by atoms with E-state index in [1.54, 1.807) is 0 Å². The van der Waals surface area contributed by atoms with Crippen LogP contribution in [0.25, 0.3) is 6.08 Å². The Kier molecular flexibility index (Phi) is 6.17. The lowest BCUT2D eigenvalue weighted by molar-refractivity contribution is -0.127. The smallest absolute Gasteiger partial charge is 0.346 e. The average Bonchev–Trinajstić information content (AvgIpc) is 2.96. The van der Waals surface area contributed by atoms with E-state index in [4.69, 9.17) is 15.2 Å². The Hall–Kier alpha value is -3.66. The van der Waals surface area contributed by atoms with Gasteiger partial charge in [0.05, 0.1) is 17.6 Å². The third-order valence-corrected chi connectivity index (χ3v) is 4.88. The predicted molar refractivity (Wildman–Crippen MR) is 106 cm³/mol. The van der Waals surface area contributed by atoms with Gasteiger partial charge in [-0.05, 0) is 47.7 Å². The molecule has 0 spiro atoms. The van der Waals surface area contributed by atoms with Crippen molar-refractivity contribution in [3.63, 3.8) is 0 Å². The van der Waals surface area contributed by atoms with Gasteiger partial charge in [0.2, 0.25) is 5.91 Å². The largest absolute Gasteiger partial charge is 0.493 e. The van der Waals surface area contributed by atoms with Gasteiger partial charge in [-0.2, -0.15) is 0 Å². The van der Waals surface area contributed by atoms with E-state index in [-0.39, 0.29) is 22.0 Å². The first-order chi connectivity index (χ1) is 14.3. The molecule has 30 heavy (non-hydrogen) atoms. The number of benzene rings is 2. The van der Waals surface area contributed by atoms with Crippen LogP contribution in [0.2, 0.25) is 0 Å². The van der Waals surface area contributed by atoms with Crippen LogP contribution in [0.1, 0.15) is 15.9 Å². The number of carbonyl (C=O) groups excluding carboxylic acids is 4. The lowest BCUT2D eigenvalue weighted by Crippen LogP contribution is -2.36. The second kappa shape index (κ2) is 8.78. The Morgan fingerprint density at radius 1 is 1.17 bits per heavy atom. The van der Waals surface area contributed by atoms with E-state index in [1.807, 2.05) is 0 Å². The van der Waals surface area contributed by atoms with Crippen LogP contribution in [-0.4, -0.2) is 41.6 Å². The number of nitrogens with zero attached hydrogens (tertiary/aromatic N) is 1. The monoisotopic (exact) mass is 430 g/mol. The molecular formula is C20H15FN2O6S. The summed E-state index contributed by atoms with van der Waals surface area (Å²) in [6.45, 7) is -0.504. The second-order valence-corrected chi connectivity index (χ2v) is 7.01. The zero-order valence-electron chi connectivity index (χ0n) is 15.6. The summed E-state index contributed by atoms with van der Waals surface area (Å²) in [4.78, 5) is 48.2. The number of primary amides is 1. The number of methoxy groups -OCH3 is 1. The molecule has 0 bridgehead atoms. The van der Waals surface area contributed by atoms with Crippen LogP contribution in [0.15, 0.2) is 47.4 Å². The first-order valence-corrected chi connectivity index (χ1v) is 9.30. The number of nitrogens with two attached hydrogens (primary N) is 1. The molecule has 154 valence electrons. The summed E-state index contributed by atoms with van der Waals surface area (Å²) in [5.41, 5.74) is 5.29. The third-order valence-electron chi connectivity index (χ3n) is 3.97. The second-order valence-electron chi connectivity index (χ2n) is 6.01. The zero-order valence-corrected chi connectivity index (χ0v) is 16.4. The van der Waals surface area contributed by atoms with Crippen molar-refractivity contribution in [2.24, 2.45) is 5.73 Å². The molecule has 0 unspecified atom stereocenters. The molecule has 1 aliphatic heterocycles. The van der Waals surface area contributed by atoms with Crippen LogP contribution < -0.4 is 15.2 Å². The van der Waals surface area contributed by atoms with Crippen molar-refractivity contribution in [2.75, 3.05) is 13.7 Å². The van der Waals surface area contributed by atoms with Crippen LogP contribution >= 0.6 is 11.8 Å². The van der Waals surface area contributed by atoms with Gasteiger partial charge in [0.25, 0.3) is 11.1 Å². The van der Waals surface area contributed by atoms with Gasteiger partial charge in [0.15, 0.2) is 11.5 Å². The predicted octanol–water partition coefficient (Wildman–Crippen LogP) is 2.58. The van der Waals surface area contributed by atoms with Gasteiger partial charge in [0.1, 0.15) is 12.4 Å². The molecule has 1 saturated heterocycles. The maximum Gasteiger partial charge on any atom is 0.346 e.